The number of ether oxygens (including phenoxy) is 2. The van der Waals surface area contributed by atoms with Gasteiger partial charge in [0.1, 0.15) is 41.0 Å². The zero-order valence-electron chi connectivity index (χ0n) is 26.6. The van der Waals surface area contributed by atoms with Crippen LogP contribution in [0.2, 0.25) is 5.02 Å². The van der Waals surface area contributed by atoms with Crippen molar-refractivity contribution in [2.75, 3.05) is 49.7 Å². The van der Waals surface area contributed by atoms with Crippen molar-refractivity contribution in [2.24, 2.45) is 0 Å². The Balaban J connectivity index is 0.000000381. The van der Waals surface area contributed by atoms with Crippen LogP contribution in [0.1, 0.15) is 48.9 Å². The van der Waals surface area contributed by atoms with Gasteiger partial charge in [-0.15, -0.1) is 11.3 Å². The molecule has 4 N–H and O–H groups in total. The number of benzene rings is 1. The van der Waals surface area contributed by atoms with Crippen LogP contribution in [-0.2, 0) is 0 Å². The van der Waals surface area contributed by atoms with Gasteiger partial charge in [0.2, 0.25) is 0 Å². The third kappa shape index (κ3) is 5.78. The molecule has 3 aliphatic rings. The molecule has 3 aliphatic heterocycles. The summed E-state index contributed by atoms with van der Waals surface area (Å²) in [5.41, 5.74) is 13.3. The predicted octanol–water partition coefficient (Wildman–Crippen LogP) is 4.87. The fraction of sp³-hybridized carbons (Fsp3) is 0.353. The molecule has 0 aliphatic carbocycles. The number of nitrogen functional groups attached to an aromatic ring is 2. The van der Waals surface area contributed by atoms with Gasteiger partial charge in [-0.2, -0.15) is 15.2 Å². The number of anilines is 3. The summed E-state index contributed by atoms with van der Waals surface area (Å²) < 4.78 is 41.1. The topological polar surface area (TPSA) is 139 Å². The van der Waals surface area contributed by atoms with Gasteiger partial charge in [0, 0.05) is 39.7 Å². The van der Waals surface area contributed by atoms with Crippen molar-refractivity contribution in [1.82, 2.24) is 19.9 Å². The normalized spacial score (nSPS) is 19.8. The number of halogens is 3. The summed E-state index contributed by atoms with van der Waals surface area (Å²) in [5.74, 6) is 0.164. The number of nitrogens with two attached hydrogens (primary N) is 2. The van der Waals surface area contributed by atoms with E-state index in [1.807, 2.05) is 17.9 Å². The highest BCUT2D eigenvalue weighted by Gasteiger charge is 2.35. The third-order valence-corrected chi connectivity index (χ3v) is 10.3. The fourth-order valence-electron chi connectivity index (χ4n) is 6.84. The number of allylic oxidation sites excluding steroid dienone is 1. The van der Waals surface area contributed by atoms with Crippen LogP contribution in [0.5, 0.6) is 11.8 Å². The molecule has 3 atom stereocenters. The molecule has 0 radical (unpaired) electrons. The lowest BCUT2D eigenvalue weighted by atomic mass is 9.98. The standard InChI is InChI=1S/C27H23ClFN7O2S.C7H12FN/c1-5-14(17-13(3)39-25(32)16(17)11-30)18-20(28)23-19-22(21(18)29)34-27(37-4)35-26(19)36(9-10-38-23)12(2)15-7-6-8-33-24(15)31;8-6-4-7-2-1-3-9(7)5-6/h5-8,12H,1,3,9-10,32H2,2,4H3,(H2,31,33);6-7H,1-5H2/b17-14-;. The molecule has 2 saturated heterocycles. The molecule has 14 heteroatoms. The van der Waals surface area contributed by atoms with Crippen molar-refractivity contribution in [3.05, 3.63) is 68.3 Å². The number of rotatable bonds is 5. The molecule has 0 bridgehead atoms. The number of nitrogens with zero attached hydrogens (tertiary/aromatic N) is 6. The Hall–Kier alpha value is -4.51. The van der Waals surface area contributed by atoms with Gasteiger partial charge in [-0.25, -0.2) is 13.8 Å². The number of alkyl halides is 1. The molecule has 6 heterocycles. The van der Waals surface area contributed by atoms with Gasteiger partial charge in [0.25, 0.3) is 0 Å². The Bertz CT molecular complexity index is 2060. The molecule has 10 nitrogen and oxygen atoms in total. The van der Waals surface area contributed by atoms with Gasteiger partial charge in [0.15, 0.2) is 11.6 Å². The SMILES string of the molecule is C=C/C(c1c(Cl)c2c3c(nc(OC)nc3c1F)N(C(C)c1cccnc1N)CCO2)=c1/c(C#N)c(N)sc1=C.FC1CC2CCCN2C1. The van der Waals surface area contributed by atoms with E-state index in [1.165, 1.54) is 26.0 Å². The Morgan fingerprint density at radius 1 is 1.33 bits per heavy atom. The zero-order valence-corrected chi connectivity index (χ0v) is 28.2. The molecule has 0 amide bonds. The molecule has 0 saturated carbocycles. The number of methoxy groups -OCH3 is 1. The van der Waals surface area contributed by atoms with Crippen LogP contribution in [0.25, 0.3) is 23.1 Å². The Morgan fingerprint density at radius 2 is 2.12 bits per heavy atom. The Kier molecular flexibility index (Phi) is 9.42. The van der Waals surface area contributed by atoms with Crippen molar-refractivity contribution in [3.8, 4) is 17.8 Å². The van der Waals surface area contributed by atoms with E-state index in [9.17, 15) is 9.65 Å². The predicted molar refractivity (Wildman–Crippen MR) is 186 cm³/mol. The highest BCUT2D eigenvalue weighted by molar-refractivity contribution is 7.14. The molecule has 4 aromatic rings. The van der Waals surface area contributed by atoms with E-state index in [4.69, 9.17) is 32.5 Å². The molecule has 3 unspecified atom stereocenters. The zero-order chi connectivity index (χ0) is 34.3. The minimum atomic E-state index is -0.761. The largest absolute Gasteiger partial charge is 0.489 e. The Labute approximate surface area is 285 Å². The number of hydrogen-bond acceptors (Lipinski definition) is 11. The lowest BCUT2D eigenvalue weighted by molar-refractivity contribution is 0.292. The van der Waals surface area contributed by atoms with E-state index in [0.29, 0.717) is 40.5 Å². The minimum absolute atomic E-state index is 0.0200. The summed E-state index contributed by atoms with van der Waals surface area (Å²) in [6.07, 6.45) is 5.83. The second-order valence-electron chi connectivity index (χ2n) is 11.8. The average Bonchev–Trinajstić information content (AvgIpc) is 3.69. The molecule has 250 valence electrons. The first-order chi connectivity index (χ1) is 23.1. The highest BCUT2D eigenvalue weighted by Crippen LogP contribution is 2.47. The molecule has 1 aromatic carbocycles. The second-order valence-corrected chi connectivity index (χ2v) is 13.3. The summed E-state index contributed by atoms with van der Waals surface area (Å²) in [6.45, 7) is 12.2. The van der Waals surface area contributed by atoms with Crippen LogP contribution < -0.4 is 35.6 Å². The number of fused-ring (bicyclic) bond motifs is 1. The first-order valence-electron chi connectivity index (χ1n) is 15.5. The quantitative estimate of drug-likeness (QED) is 0.298. The van der Waals surface area contributed by atoms with E-state index < -0.39 is 12.0 Å². The minimum Gasteiger partial charge on any atom is -0.489 e. The third-order valence-electron chi connectivity index (χ3n) is 9.09. The van der Waals surface area contributed by atoms with Crippen molar-refractivity contribution >= 4 is 62.6 Å². The number of nitriles is 1. The van der Waals surface area contributed by atoms with E-state index in [0.717, 1.165) is 29.9 Å². The summed E-state index contributed by atoms with van der Waals surface area (Å²) in [7, 11) is 1.40. The van der Waals surface area contributed by atoms with Gasteiger partial charge in [-0.3, -0.25) is 4.90 Å². The number of aromatic nitrogens is 3. The highest BCUT2D eigenvalue weighted by atomic mass is 35.5. The van der Waals surface area contributed by atoms with Gasteiger partial charge in [-0.05, 0) is 44.4 Å². The van der Waals surface area contributed by atoms with Crippen LogP contribution >= 0.6 is 22.9 Å². The fourth-order valence-corrected chi connectivity index (χ4v) is 8.00. The van der Waals surface area contributed by atoms with E-state index in [-0.39, 0.29) is 62.0 Å². The molecule has 3 aromatic heterocycles. The average molecular weight is 693 g/mol. The first-order valence-corrected chi connectivity index (χ1v) is 16.7. The maximum atomic E-state index is 16.6. The number of hydrogen-bond donors (Lipinski definition) is 2. The first kappa shape index (κ1) is 33.4. The van der Waals surface area contributed by atoms with E-state index in [1.54, 1.807) is 12.3 Å². The smallest absolute Gasteiger partial charge is 0.318 e. The maximum absolute atomic E-state index is 16.6. The van der Waals surface area contributed by atoms with Crippen molar-refractivity contribution in [2.45, 2.75) is 44.4 Å². The van der Waals surface area contributed by atoms with Crippen LogP contribution in [0, 0.1) is 17.1 Å². The van der Waals surface area contributed by atoms with Gasteiger partial charge < -0.3 is 25.8 Å². The summed E-state index contributed by atoms with van der Waals surface area (Å²) >= 11 is 8.01. The number of pyridine rings is 1. The summed E-state index contributed by atoms with van der Waals surface area (Å²) in [6, 6.07) is 5.98. The molecule has 48 heavy (non-hydrogen) atoms. The van der Waals surface area contributed by atoms with Crippen molar-refractivity contribution in [3.63, 3.8) is 0 Å². The van der Waals surface area contributed by atoms with Gasteiger partial charge >= 0.3 is 6.01 Å². The van der Waals surface area contributed by atoms with Crippen LogP contribution in [0.4, 0.5) is 25.4 Å². The van der Waals surface area contributed by atoms with E-state index >= 15 is 4.39 Å². The molecule has 7 rings (SSSR count). The number of thiophene rings is 1. The lowest BCUT2D eigenvalue weighted by Gasteiger charge is -2.30. The van der Waals surface area contributed by atoms with Gasteiger partial charge in [-0.1, -0.05) is 36.9 Å². The molecule has 0 spiro atoms. The van der Waals surface area contributed by atoms with Crippen LogP contribution in [0.15, 0.2) is 31.0 Å². The molecular weight excluding hydrogens is 658 g/mol. The van der Waals surface area contributed by atoms with Crippen LogP contribution in [-0.4, -0.2) is 65.4 Å². The summed E-state index contributed by atoms with van der Waals surface area (Å²) in [5, 5.41) is 10.6. The van der Waals surface area contributed by atoms with Crippen LogP contribution in [0.3, 0.4) is 0 Å². The monoisotopic (exact) mass is 692 g/mol. The summed E-state index contributed by atoms with van der Waals surface area (Å²) in [4.78, 5) is 17.3. The van der Waals surface area contributed by atoms with Crippen molar-refractivity contribution < 1.29 is 18.3 Å². The van der Waals surface area contributed by atoms with Gasteiger partial charge in [0.05, 0.1) is 35.7 Å². The van der Waals surface area contributed by atoms with E-state index in [2.05, 4.69) is 39.1 Å². The Morgan fingerprint density at radius 3 is 2.81 bits per heavy atom. The van der Waals surface area contributed by atoms with Crippen molar-refractivity contribution in [1.29, 1.82) is 5.26 Å². The lowest BCUT2D eigenvalue weighted by Crippen LogP contribution is -2.31. The maximum Gasteiger partial charge on any atom is 0.318 e. The molecular formula is C34H35ClF2N8O2S. The second kappa shape index (κ2) is 13.5. The molecule has 2 fully saturated rings.